The monoisotopic (exact) mass is 273 g/mol. The summed E-state index contributed by atoms with van der Waals surface area (Å²) in [5, 5.41) is 3.21. The van der Waals surface area contributed by atoms with Crippen LogP contribution in [0.4, 0.5) is 0 Å². The first-order chi connectivity index (χ1) is 9.63. The van der Waals surface area contributed by atoms with E-state index in [9.17, 15) is 4.79 Å². The Morgan fingerprint density at radius 3 is 2.20 bits per heavy atom. The number of rotatable bonds is 6. The van der Waals surface area contributed by atoms with Gasteiger partial charge in [-0.3, -0.25) is 4.79 Å². The molecule has 0 spiro atoms. The van der Waals surface area contributed by atoms with Crippen molar-refractivity contribution in [2.45, 2.75) is 51.7 Å². The largest absolute Gasteiger partial charge is 0.481 e. The van der Waals surface area contributed by atoms with Crippen LogP contribution in [0, 0.1) is 18.8 Å². The number of ether oxygens (including phenoxy) is 1. The van der Waals surface area contributed by atoms with Crippen molar-refractivity contribution < 1.29 is 9.53 Å². The number of carbonyl (C=O) groups excluding carboxylic acids is 1. The normalized spacial score (nSPS) is 19.8. The molecule has 1 amide bonds. The van der Waals surface area contributed by atoms with E-state index < -0.39 is 6.10 Å². The van der Waals surface area contributed by atoms with Gasteiger partial charge in [0.1, 0.15) is 5.75 Å². The van der Waals surface area contributed by atoms with Crippen molar-refractivity contribution in [3.63, 3.8) is 0 Å². The van der Waals surface area contributed by atoms with E-state index in [1.54, 1.807) is 0 Å². The minimum Gasteiger partial charge on any atom is -0.481 e. The summed E-state index contributed by atoms with van der Waals surface area (Å²) in [6.07, 6.45) is 4.66. The molecule has 2 aliphatic rings. The first-order valence-electron chi connectivity index (χ1n) is 7.67. The Bertz CT molecular complexity index is 462. The lowest BCUT2D eigenvalue weighted by molar-refractivity contribution is -0.128. The second-order valence-corrected chi connectivity index (χ2v) is 6.28. The van der Waals surface area contributed by atoms with Gasteiger partial charge in [-0.2, -0.15) is 0 Å². The van der Waals surface area contributed by atoms with Crippen molar-refractivity contribution in [1.29, 1.82) is 0 Å². The smallest absolute Gasteiger partial charge is 0.261 e. The molecule has 1 unspecified atom stereocenters. The maximum Gasteiger partial charge on any atom is 0.261 e. The summed E-state index contributed by atoms with van der Waals surface area (Å²) < 4.78 is 5.72. The molecule has 3 nitrogen and oxygen atoms in total. The number of carbonyl (C=O) groups is 1. The first-order valence-corrected chi connectivity index (χ1v) is 7.67. The van der Waals surface area contributed by atoms with E-state index in [4.69, 9.17) is 4.74 Å². The molecule has 1 N–H and O–H groups in total. The van der Waals surface area contributed by atoms with Gasteiger partial charge in [-0.15, -0.1) is 0 Å². The van der Waals surface area contributed by atoms with Gasteiger partial charge < -0.3 is 10.1 Å². The average molecular weight is 273 g/mol. The van der Waals surface area contributed by atoms with E-state index >= 15 is 0 Å². The number of benzene rings is 1. The van der Waals surface area contributed by atoms with Crippen LogP contribution in [0.1, 0.15) is 38.2 Å². The summed E-state index contributed by atoms with van der Waals surface area (Å²) in [6.45, 7) is 3.86. The van der Waals surface area contributed by atoms with Crippen molar-refractivity contribution >= 4 is 5.91 Å². The predicted octanol–water partition coefficient (Wildman–Crippen LogP) is 3.07. The minimum atomic E-state index is -0.433. The Balaban J connectivity index is 1.54. The van der Waals surface area contributed by atoms with Crippen LogP contribution in [-0.2, 0) is 4.79 Å². The Morgan fingerprint density at radius 1 is 1.15 bits per heavy atom. The van der Waals surface area contributed by atoms with Gasteiger partial charge in [0.2, 0.25) is 0 Å². The molecule has 0 bridgehead atoms. The molecule has 3 rings (SSSR count). The van der Waals surface area contributed by atoms with Crippen molar-refractivity contribution in [2.75, 3.05) is 0 Å². The molecule has 1 aromatic rings. The molecule has 0 aromatic heterocycles. The Kier molecular flexibility index (Phi) is 3.68. The highest BCUT2D eigenvalue weighted by atomic mass is 16.5. The number of nitrogens with one attached hydrogen (secondary N) is 1. The fourth-order valence-electron chi connectivity index (χ4n) is 2.69. The van der Waals surface area contributed by atoms with Gasteiger partial charge in [0, 0.05) is 6.04 Å². The molecule has 0 radical (unpaired) electrons. The molecule has 0 heterocycles. The van der Waals surface area contributed by atoms with Crippen LogP contribution < -0.4 is 10.1 Å². The number of amides is 1. The van der Waals surface area contributed by atoms with E-state index in [-0.39, 0.29) is 5.91 Å². The third-order valence-electron chi connectivity index (χ3n) is 4.27. The maximum absolute atomic E-state index is 12.3. The van der Waals surface area contributed by atoms with Gasteiger partial charge in [0.25, 0.3) is 5.91 Å². The topological polar surface area (TPSA) is 38.3 Å². The molecule has 0 saturated heterocycles. The number of hydrogen-bond donors (Lipinski definition) is 1. The highest BCUT2D eigenvalue weighted by Gasteiger charge is 2.42. The van der Waals surface area contributed by atoms with Gasteiger partial charge in [0.15, 0.2) is 6.10 Å². The first kappa shape index (κ1) is 13.5. The SMILES string of the molecule is Cc1ccc(OC(C)C(=O)NC(C2CC2)C2CC2)cc1. The molecule has 108 valence electrons. The standard InChI is InChI=1S/C17H23NO2/c1-11-3-9-15(10-4-11)20-12(2)17(19)18-16(13-5-6-13)14-7-8-14/h3-4,9-10,12-14,16H,5-8H2,1-2H3,(H,18,19). The highest BCUT2D eigenvalue weighted by Crippen LogP contribution is 2.44. The summed E-state index contributed by atoms with van der Waals surface area (Å²) in [6, 6.07) is 8.22. The van der Waals surface area contributed by atoms with Gasteiger partial charge in [-0.05, 0) is 63.5 Å². The zero-order valence-electron chi connectivity index (χ0n) is 12.3. The second kappa shape index (κ2) is 5.47. The average Bonchev–Trinajstić information content (AvgIpc) is 3.29. The lowest BCUT2D eigenvalue weighted by Crippen LogP contribution is -2.44. The van der Waals surface area contributed by atoms with Crippen LogP contribution in [0.15, 0.2) is 24.3 Å². The van der Waals surface area contributed by atoms with Crippen molar-refractivity contribution in [3.05, 3.63) is 29.8 Å². The van der Waals surface area contributed by atoms with E-state index in [2.05, 4.69) is 5.32 Å². The molecule has 0 aliphatic heterocycles. The predicted molar refractivity (Wildman–Crippen MR) is 78.6 cm³/mol. The van der Waals surface area contributed by atoms with Gasteiger partial charge >= 0.3 is 0 Å². The summed E-state index contributed by atoms with van der Waals surface area (Å²) in [4.78, 5) is 12.3. The lowest BCUT2D eigenvalue weighted by Gasteiger charge is -2.21. The van der Waals surface area contributed by atoms with Crippen molar-refractivity contribution in [1.82, 2.24) is 5.32 Å². The van der Waals surface area contributed by atoms with Gasteiger partial charge in [0.05, 0.1) is 0 Å². The summed E-state index contributed by atoms with van der Waals surface area (Å²) in [7, 11) is 0. The van der Waals surface area contributed by atoms with Crippen LogP contribution >= 0.6 is 0 Å². The maximum atomic E-state index is 12.3. The van der Waals surface area contributed by atoms with E-state index in [1.165, 1.54) is 31.2 Å². The molecule has 2 fully saturated rings. The minimum absolute atomic E-state index is 0.0226. The van der Waals surface area contributed by atoms with Crippen LogP contribution in [0.5, 0.6) is 5.75 Å². The summed E-state index contributed by atoms with van der Waals surface area (Å²) in [5.74, 6) is 2.22. The van der Waals surface area contributed by atoms with Crippen LogP contribution in [-0.4, -0.2) is 18.1 Å². The molecule has 20 heavy (non-hydrogen) atoms. The second-order valence-electron chi connectivity index (χ2n) is 6.28. The lowest BCUT2D eigenvalue weighted by atomic mass is 10.1. The molecule has 3 heteroatoms. The van der Waals surface area contributed by atoms with E-state index in [0.29, 0.717) is 6.04 Å². The fourth-order valence-corrected chi connectivity index (χ4v) is 2.69. The molecule has 2 saturated carbocycles. The van der Waals surface area contributed by atoms with Gasteiger partial charge in [-0.1, -0.05) is 17.7 Å². The third-order valence-corrected chi connectivity index (χ3v) is 4.27. The fraction of sp³-hybridized carbons (Fsp3) is 0.588. The highest BCUT2D eigenvalue weighted by molar-refractivity contribution is 5.81. The molecular weight excluding hydrogens is 250 g/mol. The molecule has 1 aromatic carbocycles. The summed E-state index contributed by atoms with van der Waals surface area (Å²) in [5.41, 5.74) is 1.19. The van der Waals surface area contributed by atoms with Crippen LogP contribution in [0.2, 0.25) is 0 Å². The molecule has 1 atom stereocenters. The zero-order valence-corrected chi connectivity index (χ0v) is 12.3. The summed E-state index contributed by atoms with van der Waals surface area (Å²) >= 11 is 0. The van der Waals surface area contributed by atoms with Gasteiger partial charge in [-0.25, -0.2) is 0 Å². The molecule has 2 aliphatic carbocycles. The van der Waals surface area contributed by atoms with E-state index in [1.807, 2.05) is 38.1 Å². The number of hydrogen-bond acceptors (Lipinski definition) is 2. The van der Waals surface area contributed by atoms with Crippen LogP contribution in [0.3, 0.4) is 0 Å². The van der Waals surface area contributed by atoms with Crippen LogP contribution in [0.25, 0.3) is 0 Å². The zero-order chi connectivity index (χ0) is 14.1. The van der Waals surface area contributed by atoms with Crippen molar-refractivity contribution in [2.24, 2.45) is 11.8 Å². The Hall–Kier alpha value is -1.51. The Labute approximate surface area is 120 Å². The third kappa shape index (κ3) is 3.33. The quantitative estimate of drug-likeness (QED) is 0.865. The molecular formula is C17H23NO2. The van der Waals surface area contributed by atoms with Crippen molar-refractivity contribution in [3.8, 4) is 5.75 Å². The Morgan fingerprint density at radius 2 is 1.70 bits per heavy atom. The van der Waals surface area contributed by atoms with E-state index in [0.717, 1.165) is 17.6 Å². The number of aryl methyl sites for hydroxylation is 1.